The maximum absolute atomic E-state index is 12.8. The van der Waals surface area contributed by atoms with Crippen molar-refractivity contribution in [1.82, 2.24) is 9.80 Å². The summed E-state index contributed by atoms with van der Waals surface area (Å²) in [6.45, 7) is 3.31. The van der Waals surface area contributed by atoms with Gasteiger partial charge in [0.25, 0.3) is 0 Å². The summed E-state index contributed by atoms with van der Waals surface area (Å²) in [4.78, 5) is 24.3. The molecule has 1 unspecified atom stereocenters. The first-order valence-corrected chi connectivity index (χ1v) is 15.2. The molecule has 1 spiro atoms. The van der Waals surface area contributed by atoms with Crippen LogP contribution < -0.4 is 0 Å². The molecule has 0 aromatic heterocycles. The minimum Gasteiger partial charge on any atom is -0.466 e. The van der Waals surface area contributed by atoms with Crippen LogP contribution in [0.4, 0.5) is 5.69 Å². The van der Waals surface area contributed by atoms with Gasteiger partial charge in [-0.1, -0.05) is 121 Å². The number of hydrogen-bond acceptors (Lipinski definition) is 6. The van der Waals surface area contributed by atoms with Crippen molar-refractivity contribution in [3.63, 3.8) is 0 Å². The maximum Gasteiger partial charge on any atom is 0.331 e. The van der Waals surface area contributed by atoms with Gasteiger partial charge < -0.3 is 4.74 Å². The molecule has 6 heteroatoms. The number of esters is 1. The van der Waals surface area contributed by atoms with Crippen molar-refractivity contribution in [3.05, 3.63) is 149 Å². The number of hydrogen-bond donors (Lipinski definition) is 0. The van der Waals surface area contributed by atoms with E-state index >= 15 is 0 Å². The Kier molecular flexibility index (Phi) is 8.65. The fraction of sp³-hybridized carbons (Fsp3) is 0.222. The van der Waals surface area contributed by atoms with Gasteiger partial charge in [-0.3, -0.25) is 9.80 Å². The zero-order chi connectivity index (χ0) is 28.8. The highest BCUT2D eigenvalue weighted by Gasteiger charge is 2.61. The van der Waals surface area contributed by atoms with Gasteiger partial charge in [-0.2, -0.15) is 0 Å². The van der Waals surface area contributed by atoms with E-state index < -0.39 is 5.66 Å². The quantitative estimate of drug-likeness (QED) is 0.166. The van der Waals surface area contributed by atoms with Crippen LogP contribution in [-0.2, 0) is 29.0 Å². The van der Waals surface area contributed by atoms with E-state index in [4.69, 9.17) is 9.73 Å². The van der Waals surface area contributed by atoms with Crippen LogP contribution in [-0.4, -0.2) is 46.7 Å². The van der Waals surface area contributed by atoms with Crippen LogP contribution in [0.25, 0.3) is 0 Å². The maximum atomic E-state index is 12.8. The minimum absolute atomic E-state index is 0.0404. The first-order chi connectivity index (χ1) is 20.7. The molecule has 2 heterocycles. The largest absolute Gasteiger partial charge is 0.466 e. The number of carbonyl (C=O) groups excluding carboxylic acids is 1. The van der Waals surface area contributed by atoms with Gasteiger partial charge in [0.1, 0.15) is 10.7 Å². The van der Waals surface area contributed by atoms with E-state index in [1.54, 1.807) is 17.8 Å². The van der Waals surface area contributed by atoms with E-state index in [2.05, 4.69) is 101 Å². The van der Waals surface area contributed by atoms with Crippen molar-refractivity contribution in [3.8, 4) is 0 Å². The van der Waals surface area contributed by atoms with Crippen LogP contribution in [0.15, 0.2) is 137 Å². The predicted molar refractivity (Wildman–Crippen MR) is 171 cm³/mol. The third-order valence-corrected chi connectivity index (χ3v) is 9.35. The highest BCUT2D eigenvalue weighted by Crippen LogP contribution is 2.55. The van der Waals surface area contributed by atoms with Crippen molar-refractivity contribution in [2.75, 3.05) is 20.2 Å². The van der Waals surface area contributed by atoms with Crippen molar-refractivity contribution in [2.45, 2.75) is 25.2 Å². The first-order valence-electron chi connectivity index (χ1n) is 14.4. The summed E-state index contributed by atoms with van der Waals surface area (Å²) in [6, 6.07) is 42.1. The lowest BCUT2D eigenvalue weighted by Crippen LogP contribution is -2.60. The highest BCUT2D eigenvalue weighted by molar-refractivity contribution is 8.18. The van der Waals surface area contributed by atoms with Crippen LogP contribution >= 0.6 is 11.8 Å². The number of carbonyl (C=O) groups is 1. The molecule has 6 rings (SSSR count). The lowest BCUT2D eigenvalue weighted by Gasteiger charge is -2.45. The Morgan fingerprint density at radius 2 is 1.26 bits per heavy atom. The summed E-state index contributed by atoms with van der Waals surface area (Å²) in [5.41, 5.74) is 4.08. The normalized spacial score (nSPS) is 20.5. The zero-order valence-corrected chi connectivity index (χ0v) is 24.6. The number of methoxy groups -OCH3 is 1. The Hall–Kier alpha value is -3.97. The number of aliphatic imine (C=N–C) groups is 1. The van der Waals surface area contributed by atoms with Gasteiger partial charge in [0, 0.05) is 43.1 Å². The second kappa shape index (κ2) is 12.9. The molecule has 0 N–H and O–H groups in total. The average Bonchev–Trinajstić information content (AvgIpc) is 3.52. The van der Waals surface area contributed by atoms with Crippen molar-refractivity contribution >= 4 is 28.5 Å². The smallest absolute Gasteiger partial charge is 0.331 e. The molecule has 42 heavy (non-hydrogen) atoms. The van der Waals surface area contributed by atoms with E-state index in [1.807, 2.05) is 30.3 Å². The van der Waals surface area contributed by atoms with Gasteiger partial charge in [-0.05, 0) is 35.2 Å². The lowest BCUT2D eigenvalue weighted by molar-refractivity contribution is -0.134. The van der Waals surface area contributed by atoms with Crippen molar-refractivity contribution in [2.24, 2.45) is 10.9 Å². The Morgan fingerprint density at radius 1 is 0.786 bits per heavy atom. The number of nitrogens with zero attached hydrogens (tertiary/aromatic N) is 3. The zero-order valence-electron chi connectivity index (χ0n) is 23.8. The molecule has 0 saturated carbocycles. The summed E-state index contributed by atoms with van der Waals surface area (Å²) in [5.74, 6) is -0.379. The van der Waals surface area contributed by atoms with Crippen LogP contribution in [0.5, 0.6) is 0 Å². The van der Waals surface area contributed by atoms with Crippen LogP contribution in [0.3, 0.4) is 0 Å². The molecule has 2 aliphatic rings. The van der Waals surface area contributed by atoms with E-state index in [9.17, 15) is 4.79 Å². The Bertz CT molecular complexity index is 1490. The van der Waals surface area contributed by atoms with Crippen LogP contribution in [0.2, 0.25) is 0 Å². The number of benzene rings is 4. The van der Waals surface area contributed by atoms with E-state index in [0.717, 1.165) is 48.2 Å². The molecular formula is C36H35N3O2S. The fourth-order valence-corrected chi connectivity index (χ4v) is 7.70. The Labute approximate surface area is 252 Å². The van der Waals surface area contributed by atoms with Crippen LogP contribution in [0.1, 0.15) is 16.7 Å². The van der Waals surface area contributed by atoms with Gasteiger partial charge in [0.2, 0.25) is 0 Å². The molecule has 0 amide bonds. The third kappa shape index (κ3) is 5.84. The summed E-state index contributed by atoms with van der Waals surface area (Å²) in [6.07, 6.45) is 2.45. The Morgan fingerprint density at radius 3 is 1.76 bits per heavy atom. The monoisotopic (exact) mass is 573 g/mol. The SMILES string of the molecule is COC(=O)/C=C1\SC(=Nc2ccccc2)C2(C1Cc1ccccc1)N(Cc1ccccc1)CCN2Cc1ccccc1. The van der Waals surface area contributed by atoms with Gasteiger partial charge in [0.15, 0.2) is 0 Å². The molecule has 4 aromatic rings. The lowest BCUT2D eigenvalue weighted by atomic mass is 9.84. The van der Waals surface area contributed by atoms with E-state index in [-0.39, 0.29) is 11.9 Å². The second-order valence-electron chi connectivity index (χ2n) is 10.7. The molecule has 0 radical (unpaired) electrons. The molecule has 212 valence electrons. The first kappa shape index (κ1) is 28.2. The predicted octanol–water partition coefficient (Wildman–Crippen LogP) is 7.09. The summed E-state index contributed by atoms with van der Waals surface area (Å²) >= 11 is 1.63. The van der Waals surface area contributed by atoms with Crippen LogP contribution in [0, 0.1) is 5.92 Å². The van der Waals surface area contributed by atoms with Gasteiger partial charge >= 0.3 is 5.97 Å². The number of para-hydroxylation sites is 1. The molecular weight excluding hydrogens is 538 g/mol. The topological polar surface area (TPSA) is 45.1 Å². The molecule has 5 nitrogen and oxygen atoms in total. The average molecular weight is 574 g/mol. The van der Waals surface area contributed by atoms with E-state index in [1.165, 1.54) is 23.8 Å². The summed E-state index contributed by atoms with van der Waals surface area (Å²) in [5, 5.41) is 0.995. The molecule has 0 aliphatic carbocycles. The Balaban J connectivity index is 1.56. The molecule has 4 aromatic carbocycles. The molecule has 2 saturated heterocycles. The van der Waals surface area contributed by atoms with Gasteiger partial charge in [-0.25, -0.2) is 9.79 Å². The van der Waals surface area contributed by atoms with Crippen molar-refractivity contribution < 1.29 is 9.53 Å². The third-order valence-electron chi connectivity index (χ3n) is 8.13. The molecule has 0 bridgehead atoms. The fourth-order valence-electron chi connectivity index (χ4n) is 6.23. The number of rotatable bonds is 8. The van der Waals surface area contributed by atoms with Crippen molar-refractivity contribution in [1.29, 1.82) is 0 Å². The summed E-state index contributed by atoms with van der Waals surface area (Å²) < 4.78 is 5.16. The van der Waals surface area contributed by atoms with E-state index in [0.29, 0.717) is 0 Å². The summed E-state index contributed by atoms with van der Waals surface area (Å²) in [7, 11) is 1.44. The standard InChI is InChI=1S/C36H35N3O2S/c1-41-34(40)25-33-32(24-28-14-6-2-7-15-28)36(35(42-33)37-31-20-12-5-13-21-31)38(26-29-16-8-3-9-17-29)22-23-39(36)27-30-18-10-4-11-19-30/h2-21,25,32H,22-24,26-27H2,1H3/b33-25-,37-35?. The molecule has 1 atom stereocenters. The molecule has 2 fully saturated rings. The van der Waals surface area contributed by atoms with Gasteiger partial charge in [-0.15, -0.1) is 0 Å². The van der Waals surface area contributed by atoms with Gasteiger partial charge in [0.05, 0.1) is 12.8 Å². The minimum atomic E-state index is -0.568. The second-order valence-corrected chi connectivity index (χ2v) is 11.8. The highest BCUT2D eigenvalue weighted by atomic mass is 32.2. The number of thioether (sulfide) groups is 1. The number of ether oxygens (including phenoxy) is 1. The molecule has 2 aliphatic heterocycles.